The zero-order chi connectivity index (χ0) is 30.1. The van der Waals surface area contributed by atoms with Crippen LogP contribution < -0.4 is 10.5 Å². The van der Waals surface area contributed by atoms with Gasteiger partial charge >= 0.3 is 0 Å². The third kappa shape index (κ3) is 6.08. The number of amides is 1. The first-order valence-corrected chi connectivity index (χ1v) is 13.3. The molecule has 3 aromatic heterocycles. The normalized spacial score (nSPS) is 18.8. The molecule has 0 spiro atoms. The molecule has 41 heavy (non-hydrogen) atoms. The molecule has 1 saturated carbocycles. The van der Waals surface area contributed by atoms with Crippen LogP contribution in [0.3, 0.4) is 0 Å². The van der Waals surface area contributed by atoms with E-state index < -0.39 is 23.2 Å². The smallest absolute Gasteiger partial charge is 0.259 e. The number of hydrogen-bond acceptors (Lipinski definition) is 6. The molecule has 1 aliphatic carbocycles. The highest BCUT2D eigenvalue weighted by atomic mass is 35.5. The molecule has 3 heterocycles. The fourth-order valence-electron chi connectivity index (χ4n) is 4.81. The standard InChI is InChI=1S/C30H31ClF2N4O4/c1-17-13-35-28(36-8-6-7-21(29(36)40)22-11-27(39)30(22,4)5)12-25(17)37(16-38)18(2)9-26(19(3)31)41-15-24-23(33)10-20(32)14-34-24/h6-10,12-14,16,22,27,39H,11,15H2,1-5H3/b18-9-,26-19-. The van der Waals surface area contributed by atoms with E-state index in [1.807, 2.05) is 13.8 Å². The van der Waals surface area contributed by atoms with Gasteiger partial charge in [-0.2, -0.15) is 0 Å². The summed E-state index contributed by atoms with van der Waals surface area (Å²) in [5.41, 5.74) is 1.35. The third-order valence-electron chi connectivity index (χ3n) is 7.55. The van der Waals surface area contributed by atoms with Crippen LogP contribution in [0, 0.1) is 24.0 Å². The van der Waals surface area contributed by atoms with Crippen LogP contribution in [0.2, 0.25) is 0 Å². The number of pyridine rings is 3. The lowest BCUT2D eigenvalue weighted by Crippen LogP contribution is -2.49. The Morgan fingerprint density at radius 2 is 2.00 bits per heavy atom. The van der Waals surface area contributed by atoms with Gasteiger partial charge in [0.05, 0.1) is 23.0 Å². The highest BCUT2D eigenvalue weighted by molar-refractivity contribution is 6.29. The number of halogens is 3. The van der Waals surface area contributed by atoms with Crippen LogP contribution in [0.5, 0.6) is 0 Å². The number of carbonyl (C=O) groups is 1. The van der Waals surface area contributed by atoms with Crippen molar-refractivity contribution in [1.29, 1.82) is 0 Å². The monoisotopic (exact) mass is 584 g/mol. The average Bonchev–Trinajstić information content (AvgIpc) is 2.92. The van der Waals surface area contributed by atoms with Gasteiger partial charge in [0.2, 0.25) is 6.41 Å². The molecular formula is C30H31ClF2N4O4. The first kappa shape index (κ1) is 30.1. The summed E-state index contributed by atoms with van der Waals surface area (Å²) in [7, 11) is 0. The van der Waals surface area contributed by atoms with Crippen molar-refractivity contribution in [3.8, 4) is 5.82 Å². The van der Waals surface area contributed by atoms with Gasteiger partial charge in [-0.15, -0.1) is 0 Å². The van der Waals surface area contributed by atoms with E-state index in [1.54, 1.807) is 51.4 Å². The third-order valence-corrected chi connectivity index (χ3v) is 7.73. The minimum atomic E-state index is -0.858. The van der Waals surface area contributed by atoms with Crippen molar-refractivity contribution in [2.75, 3.05) is 4.90 Å². The van der Waals surface area contributed by atoms with Crippen LogP contribution >= 0.6 is 11.6 Å². The highest BCUT2D eigenvalue weighted by Crippen LogP contribution is 2.51. The van der Waals surface area contributed by atoms with E-state index in [9.17, 15) is 23.5 Å². The second-order valence-corrected chi connectivity index (χ2v) is 11.2. The fourth-order valence-corrected chi connectivity index (χ4v) is 4.91. The number of hydrogen-bond donors (Lipinski definition) is 1. The molecule has 2 atom stereocenters. The Balaban J connectivity index is 1.65. The highest BCUT2D eigenvalue weighted by Gasteiger charge is 2.48. The first-order valence-electron chi connectivity index (χ1n) is 12.9. The number of rotatable bonds is 9. The zero-order valence-corrected chi connectivity index (χ0v) is 24.1. The van der Waals surface area contributed by atoms with E-state index in [0.717, 1.165) is 6.20 Å². The number of anilines is 1. The topological polar surface area (TPSA) is 97.5 Å². The average molecular weight is 585 g/mol. The Morgan fingerprint density at radius 3 is 2.61 bits per heavy atom. The molecule has 0 aromatic carbocycles. The predicted octanol–water partition coefficient (Wildman–Crippen LogP) is 5.64. The molecule has 3 aromatic rings. The predicted molar refractivity (Wildman–Crippen MR) is 152 cm³/mol. The Kier molecular flexibility index (Phi) is 8.74. The molecule has 216 valence electrons. The van der Waals surface area contributed by atoms with Crippen molar-refractivity contribution < 1.29 is 23.4 Å². The molecule has 2 unspecified atom stereocenters. The van der Waals surface area contributed by atoms with Crippen LogP contribution in [-0.2, 0) is 16.1 Å². The molecule has 0 aliphatic heterocycles. The number of aromatic nitrogens is 3. The number of nitrogens with zero attached hydrogens (tertiary/aromatic N) is 4. The number of aryl methyl sites for hydroxylation is 1. The van der Waals surface area contributed by atoms with E-state index >= 15 is 0 Å². The van der Waals surface area contributed by atoms with Crippen molar-refractivity contribution in [3.05, 3.63) is 104 Å². The maximum atomic E-state index is 14.0. The van der Waals surface area contributed by atoms with Gasteiger partial charge in [0.1, 0.15) is 29.7 Å². The van der Waals surface area contributed by atoms with E-state index in [-0.39, 0.29) is 34.6 Å². The summed E-state index contributed by atoms with van der Waals surface area (Å²) in [6.45, 7) is 8.55. The Bertz CT molecular complexity index is 1600. The van der Waals surface area contributed by atoms with Crippen LogP contribution in [-0.4, -0.2) is 32.2 Å². The van der Waals surface area contributed by atoms with Crippen LogP contribution in [0.15, 0.2) is 70.2 Å². The van der Waals surface area contributed by atoms with Gasteiger partial charge < -0.3 is 9.84 Å². The summed E-state index contributed by atoms with van der Waals surface area (Å²) < 4.78 is 34.3. The lowest BCUT2D eigenvalue weighted by Gasteiger charge is -2.49. The van der Waals surface area contributed by atoms with E-state index in [4.69, 9.17) is 16.3 Å². The van der Waals surface area contributed by atoms with Gasteiger partial charge in [-0.05, 0) is 50.2 Å². The molecule has 0 bridgehead atoms. The molecule has 1 aliphatic rings. The molecule has 11 heteroatoms. The summed E-state index contributed by atoms with van der Waals surface area (Å²) >= 11 is 6.22. The molecule has 1 fully saturated rings. The second-order valence-electron chi connectivity index (χ2n) is 10.6. The van der Waals surface area contributed by atoms with Crippen LogP contribution in [0.1, 0.15) is 56.9 Å². The molecule has 8 nitrogen and oxygen atoms in total. The van der Waals surface area contributed by atoms with E-state index in [1.165, 1.54) is 15.5 Å². The zero-order valence-electron chi connectivity index (χ0n) is 23.4. The molecule has 0 saturated heterocycles. The number of carbonyl (C=O) groups excluding carboxylic acids is 1. The van der Waals surface area contributed by atoms with Crippen molar-refractivity contribution in [3.63, 3.8) is 0 Å². The summed E-state index contributed by atoms with van der Waals surface area (Å²) in [6.07, 6.45) is 6.20. The lowest BCUT2D eigenvalue weighted by atomic mass is 9.58. The number of allylic oxidation sites excluding steroid dienone is 3. The van der Waals surface area contributed by atoms with Gasteiger partial charge in [-0.1, -0.05) is 31.5 Å². The number of aliphatic hydroxyl groups excluding tert-OH is 1. The first-order chi connectivity index (χ1) is 19.3. The van der Waals surface area contributed by atoms with Gasteiger partial charge in [0, 0.05) is 41.9 Å². The summed E-state index contributed by atoms with van der Waals surface area (Å²) in [5, 5.41) is 10.4. The van der Waals surface area contributed by atoms with Crippen molar-refractivity contribution in [1.82, 2.24) is 14.5 Å². The SMILES string of the molecule is C/C(=C/C(OCc1ncc(F)cc1F)=C(\C)Cl)N(C=O)c1cc(-n2cccc(C3CC(O)C3(C)C)c2=O)ncc1C. The number of ether oxygens (including phenoxy) is 1. The molecule has 1 N–H and O–H groups in total. The fraction of sp³-hybridized carbons (Fsp3) is 0.333. The molecule has 0 radical (unpaired) electrons. The summed E-state index contributed by atoms with van der Waals surface area (Å²) in [4.78, 5) is 35.3. The minimum absolute atomic E-state index is 0.0957. The second kappa shape index (κ2) is 11.9. The van der Waals surface area contributed by atoms with Crippen LogP contribution in [0.25, 0.3) is 5.82 Å². The Morgan fingerprint density at radius 1 is 1.27 bits per heavy atom. The van der Waals surface area contributed by atoms with Gasteiger partial charge in [-0.3, -0.25) is 24.0 Å². The van der Waals surface area contributed by atoms with Gasteiger partial charge in [0.25, 0.3) is 5.56 Å². The lowest BCUT2D eigenvalue weighted by molar-refractivity contribution is -0.107. The van der Waals surface area contributed by atoms with Crippen molar-refractivity contribution >= 4 is 23.7 Å². The van der Waals surface area contributed by atoms with Crippen LogP contribution in [0.4, 0.5) is 14.5 Å². The van der Waals surface area contributed by atoms with Crippen molar-refractivity contribution in [2.45, 2.75) is 59.7 Å². The van der Waals surface area contributed by atoms with Gasteiger partial charge in [-0.25, -0.2) is 13.8 Å². The number of aliphatic hydroxyl groups is 1. The molecule has 4 rings (SSSR count). The van der Waals surface area contributed by atoms with Gasteiger partial charge in [0.15, 0.2) is 5.82 Å². The maximum absolute atomic E-state index is 14.0. The Hall–Kier alpha value is -3.89. The minimum Gasteiger partial charge on any atom is -0.486 e. The molecular weight excluding hydrogens is 554 g/mol. The molecule has 1 amide bonds. The summed E-state index contributed by atoms with van der Waals surface area (Å²) in [6, 6.07) is 5.87. The van der Waals surface area contributed by atoms with E-state index in [0.29, 0.717) is 47.2 Å². The summed E-state index contributed by atoms with van der Waals surface area (Å²) in [5.74, 6) is -1.29. The largest absolute Gasteiger partial charge is 0.486 e. The van der Waals surface area contributed by atoms with E-state index in [2.05, 4.69) is 9.97 Å². The quantitative estimate of drug-likeness (QED) is 0.199. The Labute approximate surface area is 241 Å². The maximum Gasteiger partial charge on any atom is 0.259 e. The van der Waals surface area contributed by atoms with Crippen molar-refractivity contribution in [2.24, 2.45) is 5.41 Å².